The first-order chi connectivity index (χ1) is 33.8. The van der Waals surface area contributed by atoms with Crippen molar-refractivity contribution in [3.05, 3.63) is 118 Å². The molecule has 0 amide bonds. The summed E-state index contributed by atoms with van der Waals surface area (Å²) in [6.45, 7) is -1.36. The van der Waals surface area contributed by atoms with Crippen LogP contribution in [-0.4, -0.2) is 145 Å². The Morgan fingerprint density at radius 3 is 0.877 bits per heavy atom. The van der Waals surface area contributed by atoms with Crippen molar-refractivity contribution in [1.82, 2.24) is 0 Å². The highest BCUT2D eigenvalue weighted by molar-refractivity contribution is 7.86. The van der Waals surface area contributed by atoms with E-state index < -0.39 is 79.2 Å². The number of halogens is 4. The van der Waals surface area contributed by atoms with Crippen LogP contribution in [0, 0.1) is 23.3 Å². The number of fused-ring (bicyclic) bond motifs is 4. The van der Waals surface area contributed by atoms with Crippen LogP contribution < -0.4 is 18.9 Å². The summed E-state index contributed by atoms with van der Waals surface area (Å²) < 4.78 is 153. The molecule has 0 spiro atoms. The summed E-state index contributed by atoms with van der Waals surface area (Å²) in [5.41, 5.74) is 3.05. The fourth-order valence-corrected chi connectivity index (χ4v) is 8.78. The predicted molar refractivity (Wildman–Crippen MR) is 257 cm³/mol. The van der Waals surface area contributed by atoms with Gasteiger partial charge < -0.3 is 44.5 Å². The summed E-state index contributed by atoms with van der Waals surface area (Å²) in [5, 5.41) is 47.7. The van der Waals surface area contributed by atoms with Crippen molar-refractivity contribution in [2.75, 3.05) is 45.2 Å². The molecule has 73 heavy (non-hydrogen) atoms. The van der Waals surface area contributed by atoms with Crippen molar-refractivity contribution >= 4 is 30.4 Å². The zero-order chi connectivity index (χ0) is 53.0. The number of aryl methyl sites for hydroxylation is 4. The van der Waals surface area contributed by atoms with E-state index >= 15 is 0 Å². The van der Waals surface area contributed by atoms with Gasteiger partial charge in [0, 0.05) is 0 Å². The normalized spacial score (nSPS) is 20.4. The molecule has 4 aromatic carbocycles. The molecule has 0 aromatic heterocycles. The van der Waals surface area contributed by atoms with Crippen LogP contribution in [0.2, 0.25) is 0 Å². The molecule has 8 rings (SSSR count). The number of hydrogen-bond acceptors (Lipinski definition) is 18. The van der Waals surface area contributed by atoms with Gasteiger partial charge in [0.1, 0.15) is 95.1 Å². The monoisotopic (exact) mass is 1100 g/mol. The van der Waals surface area contributed by atoms with E-state index in [1.807, 2.05) is 0 Å². The molecule has 4 unspecified atom stereocenters. The maximum atomic E-state index is 13.0. The lowest BCUT2D eigenvalue weighted by Gasteiger charge is -2.29. The van der Waals surface area contributed by atoms with Crippen molar-refractivity contribution in [3.63, 3.8) is 0 Å². The average molecular weight is 1100 g/mol. The quantitative estimate of drug-likeness (QED) is 0.0880. The SMILES string of the molecule is C.CS(=O)(=O)OCC(O)C1CCc2cc(F)ccc2O1.CS(=O)(=O)OC[C@@H](O)[C@@H]1CCc2cc(F)ccc2O1.CS(=O)(=O)OC[C@H](O)[C@H]1CCc2cc(F)ccc2O1.OCC(O)C1CCc2cc(F)ccc2O1. The van der Waals surface area contributed by atoms with Gasteiger partial charge in [-0.2, -0.15) is 25.3 Å². The molecular weight excluding hydrogens is 1040 g/mol. The Labute approximate surface area is 422 Å². The predicted octanol–water partition coefficient (Wildman–Crippen LogP) is 4.08. The number of aliphatic hydroxyl groups is 5. The van der Waals surface area contributed by atoms with Crippen LogP contribution in [0.1, 0.15) is 55.4 Å². The van der Waals surface area contributed by atoms with E-state index in [9.17, 15) is 63.2 Å². The summed E-state index contributed by atoms with van der Waals surface area (Å²) in [7, 11) is -10.8. The number of ether oxygens (including phenoxy) is 4. The van der Waals surface area contributed by atoms with Gasteiger partial charge in [-0.1, -0.05) is 7.43 Å². The van der Waals surface area contributed by atoms with Gasteiger partial charge in [-0.15, -0.1) is 0 Å². The standard InChI is InChI=1S/3C12H15FO5S.C11H13FO3.CH4/c3*1-19(15,16)17-7-10(14)12-4-2-8-6-9(13)3-5-11(8)18-12;12-8-2-4-10-7(5-8)1-3-11(15-10)9(14)6-13;/h3*3,5-6,10,12,14H,2,4,7H2,1H3;2,4-5,9,11,13-14H,1,3,6H2;1H4/t2*10-,12+;;;/m10.../s1. The molecule has 0 saturated carbocycles. The van der Waals surface area contributed by atoms with Gasteiger partial charge in [-0.05, 0) is 146 Å². The number of benzene rings is 4. The topological polar surface area (TPSA) is 268 Å². The van der Waals surface area contributed by atoms with Gasteiger partial charge >= 0.3 is 0 Å². The lowest BCUT2D eigenvalue weighted by atomic mass is 9.99. The second-order valence-electron chi connectivity index (χ2n) is 17.2. The zero-order valence-electron chi connectivity index (χ0n) is 39.3. The summed E-state index contributed by atoms with van der Waals surface area (Å²) in [6, 6.07) is 16.8. The molecule has 4 aliphatic rings. The van der Waals surface area contributed by atoms with Crippen LogP contribution in [-0.2, 0) is 68.6 Å². The van der Waals surface area contributed by atoms with Crippen LogP contribution in [0.15, 0.2) is 72.8 Å². The van der Waals surface area contributed by atoms with E-state index in [1.165, 1.54) is 66.7 Å². The Morgan fingerprint density at radius 2 is 0.671 bits per heavy atom. The summed E-state index contributed by atoms with van der Waals surface area (Å²) >= 11 is 0. The van der Waals surface area contributed by atoms with Gasteiger partial charge in [0.05, 0.1) is 45.2 Å². The van der Waals surface area contributed by atoms with Crippen LogP contribution >= 0.6 is 0 Å². The van der Waals surface area contributed by atoms with Crippen molar-refractivity contribution in [1.29, 1.82) is 0 Å². The van der Waals surface area contributed by atoms with Gasteiger partial charge in [0.15, 0.2) is 0 Å². The van der Waals surface area contributed by atoms with E-state index in [4.69, 9.17) is 24.1 Å². The molecule has 4 aliphatic heterocycles. The van der Waals surface area contributed by atoms with Crippen molar-refractivity contribution in [3.8, 4) is 23.0 Å². The minimum absolute atomic E-state index is 0. The van der Waals surface area contributed by atoms with Gasteiger partial charge in [-0.3, -0.25) is 12.5 Å². The molecule has 0 saturated heterocycles. The van der Waals surface area contributed by atoms with Crippen LogP contribution in [0.5, 0.6) is 23.0 Å². The fourth-order valence-electron chi connectivity index (χ4n) is 7.62. The maximum Gasteiger partial charge on any atom is 0.264 e. The fraction of sp³-hybridized carbons (Fsp3) is 0.500. The van der Waals surface area contributed by atoms with Crippen molar-refractivity contribution < 1.29 is 99.8 Å². The number of aliphatic hydroxyl groups excluding tert-OH is 5. The van der Waals surface area contributed by atoms with Gasteiger partial charge in [0.25, 0.3) is 30.4 Å². The smallest absolute Gasteiger partial charge is 0.264 e. The number of rotatable bonds is 14. The van der Waals surface area contributed by atoms with E-state index in [-0.39, 0.29) is 57.1 Å². The Hall–Kier alpha value is -4.67. The third-order valence-corrected chi connectivity index (χ3v) is 13.0. The molecule has 25 heteroatoms. The molecule has 5 N–H and O–H groups in total. The second kappa shape index (κ2) is 27.2. The molecule has 4 aromatic rings. The first-order valence-electron chi connectivity index (χ1n) is 22.4. The molecule has 4 heterocycles. The molecule has 408 valence electrons. The largest absolute Gasteiger partial charge is 0.487 e. The number of hydrogen-bond donors (Lipinski definition) is 5. The summed E-state index contributed by atoms with van der Waals surface area (Å²) in [6.07, 6.45) is 1.05. The zero-order valence-corrected chi connectivity index (χ0v) is 41.8. The summed E-state index contributed by atoms with van der Waals surface area (Å²) in [5.74, 6) is 0.854. The van der Waals surface area contributed by atoms with Gasteiger partial charge in [-0.25, -0.2) is 17.6 Å². The molecule has 18 nitrogen and oxygen atoms in total. The third kappa shape index (κ3) is 20.2. The van der Waals surface area contributed by atoms with E-state index in [1.54, 1.807) is 6.07 Å². The highest BCUT2D eigenvalue weighted by Gasteiger charge is 2.31. The molecule has 0 aliphatic carbocycles. The average Bonchev–Trinajstić information content (AvgIpc) is 3.33. The lowest BCUT2D eigenvalue weighted by molar-refractivity contribution is -0.00965. The molecule has 8 atom stereocenters. The Bertz CT molecular complexity index is 2530. The first kappa shape index (κ1) is 60.9. The van der Waals surface area contributed by atoms with Crippen LogP contribution in [0.4, 0.5) is 17.6 Å². The second-order valence-corrected chi connectivity index (χ2v) is 22.1. The highest BCUT2D eigenvalue weighted by Crippen LogP contribution is 2.33. The van der Waals surface area contributed by atoms with Crippen molar-refractivity contribution in [2.45, 2.75) is 108 Å². The Morgan fingerprint density at radius 1 is 0.452 bits per heavy atom. The van der Waals surface area contributed by atoms with Crippen LogP contribution in [0.3, 0.4) is 0 Å². The lowest BCUT2D eigenvalue weighted by Crippen LogP contribution is -2.38. The van der Waals surface area contributed by atoms with E-state index in [0.717, 1.165) is 41.0 Å². The Kier molecular flexibility index (Phi) is 22.7. The van der Waals surface area contributed by atoms with Crippen LogP contribution in [0.25, 0.3) is 0 Å². The molecule has 0 radical (unpaired) electrons. The highest BCUT2D eigenvalue weighted by atomic mass is 32.2. The first-order valence-corrected chi connectivity index (χ1v) is 27.9. The van der Waals surface area contributed by atoms with Gasteiger partial charge in [0.2, 0.25) is 0 Å². The Balaban J connectivity index is 0.000000211. The van der Waals surface area contributed by atoms with Crippen molar-refractivity contribution in [2.24, 2.45) is 0 Å². The molecular formula is C48H62F4O18S3. The minimum Gasteiger partial charge on any atom is -0.487 e. The molecule has 0 bridgehead atoms. The van der Waals surface area contributed by atoms with E-state index in [0.29, 0.717) is 74.4 Å². The molecule has 0 fully saturated rings. The van der Waals surface area contributed by atoms with E-state index in [2.05, 4.69) is 12.5 Å². The summed E-state index contributed by atoms with van der Waals surface area (Å²) in [4.78, 5) is 0. The minimum atomic E-state index is -3.59. The third-order valence-electron chi connectivity index (χ3n) is 11.3. The maximum absolute atomic E-state index is 13.0.